The molecule has 0 bridgehead atoms. The van der Waals surface area contributed by atoms with Gasteiger partial charge in [0, 0.05) is 0 Å². The Bertz CT molecular complexity index is 1020. The molecule has 0 aliphatic heterocycles. The van der Waals surface area contributed by atoms with Gasteiger partial charge >= 0.3 is 208 Å². The second kappa shape index (κ2) is 12.0. The van der Waals surface area contributed by atoms with Crippen molar-refractivity contribution >= 4 is 41.3 Å². The number of rotatable bonds is 10. The van der Waals surface area contributed by atoms with Crippen LogP contribution in [0.1, 0.15) is 34.1 Å². The molecule has 0 heterocycles. The van der Waals surface area contributed by atoms with Crippen LogP contribution in [0.2, 0.25) is 0 Å². The Hall–Kier alpha value is -2.86. The molecule has 0 radical (unpaired) electrons. The van der Waals surface area contributed by atoms with Gasteiger partial charge in [-0.1, -0.05) is 0 Å². The standard InChI is InChI=1S/C11H19NO3.3C6H5.Sn/c1-7(2)5-10(11(14)15)12-8(3)6-9(4)13;3*1-2-4-6-5-3-1;/h6-7,10,12H,5H2,1-4H3,(H,14,15);3*1-5H;/q;;;;+1/p-1/b8-6-;;;;/t10-;;;;/m0..../s1. The molecule has 0 saturated carbocycles. The van der Waals surface area contributed by atoms with Crippen LogP contribution in [0.3, 0.4) is 0 Å². The summed E-state index contributed by atoms with van der Waals surface area (Å²) in [6, 6.07) is 29.9. The van der Waals surface area contributed by atoms with Crippen molar-refractivity contribution in [1.29, 1.82) is 0 Å². The molecule has 0 amide bonds. The maximum atomic E-state index is 13.9. The van der Waals surface area contributed by atoms with Crippen LogP contribution < -0.4 is 16.1 Å². The van der Waals surface area contributed by atoms with Crippen molar-refractivity contribution in [1.82, 2.24) is 5.32 Å². The minimum atomic E-state index is -4.20. The number of benzene rings is 3. The SMILES string of the molecule is CC(=O)/C=C(/C)N[C@@H](CC(C)C)C(=O)[O][Sn]([c]1ccccc1)([c]1ccccc1)[c]1ccccc1. The molecule has 3 aromatic rings. The first-order valence-corrected chi connectivity index (χ1v) is 17.1. The molecule has 3 aromatic carbocycles. The average molecular weight is 562 g/mol. The summed E-state index contributed by atoms with van der Waals surface area (Å²) in [6.45, 7) is 7.47. The Balaban J connectivity index is 2.14. The van der Waals surface area contributed by atoms with E-state index in [0.29, 0.717) is 12.1 Å². The Labute approximate surface area is 207 Å². The van der Waals surface area contributed by atoms with Crippen LogP contribution in [0.15, 0.2) is 103 Å². The Morgan fingerprint density at radius 2 is 1.21 bits per heavy atom. The molecule has 4 nitrogen and oxygen atoms in total. The molecule has 1 atom stereocenters. The summed E-state index contributed by atoms with van der Waals surface area (Å²) in [7, 11) is 0. The summed E-state index contributed by atoms with van der Waals surface area (Å²) in [5.41, 5.74) is 0.662. The number of nitrogens with one attached hydrogen (secondary N) is 1. The molecule has 176 valence electrons. The number of carbonyl (C=O) groups excluding carboxylic acids is 2. The van der Waals surface area contributed by atoms with E-state index in [-0.39, 0.29) is 17.7 Å². The summed E-state index contributed by atoms with van der Waals surface area (Å²) in [5.74, 6) is -0.0737. The third kappa shape index (κ3) is 6.38. The van der Waals surface area contributed by atoms with Gasteiger partial charge in [-0.05, 0) is 0 Å². The van der Waals surface area contributed by atoms with E-state index < -0.39 is 24.8 Å². The average Bonchev–Trinajstić information content (AvgIpc) is 2.83. The molecule has 3 rings (SSSR count). The van der Waals surface area contributed by atoms with E-state index in [1.165, 1.54) is 13.0 Å². The fourth-order valence-corrected chi connectivity index (χ4v) is 15.0. The van der Waals surface area contributed by atoms with Gasteiger partial charge in [0.05, 0.1) is 0 Å². The van der Waals surface area contributed by atoms with E-state index >= 15 is 0 Å². The van der Waals surface area contributed by atoms with E-state index in [1.807, 2.05) is 61.5 Å². The van der Waals surface area contributed by atoms with Crippen molar-refractivity contribution in [3.63, 3.8) is 0 Å². The van der Waals surface area contributed by atoms with E-state index in [2.05, 4.69) is 55.6 Å². The predicted octanol–water partition coefficient (Wildman–Crippen LogP) is 3.69. The van der Waals surface area contributed by atoms with Gasteiger partial charge in [0.25, 0.3) is 0 Å². The van der Waals surface area contributed by atoms with Crippen molar-refractivity contribution in [3.8, 4) is 0 Å². The van der Waals surface area contributed by atoms with Crippen LogP contribution >= 0.6 is 0 Å². The van der Waals surface area contributed by atoms with Gasteiger partial charge in [0.15, 0.2) is 0 Å². The molecule has 0 saturated heterocycles. The van der Waals surface area contributed by atoms with E-state index in [4.69, 9.17) is 3.07 Å². The second-order valence-electron chi connectivity index (χ2n) is 8.96. The minimum absolute atomic E-state index is 0.0620. The van der Waals surface area contributed by atoms with Crippen molar-refractivity contribution < 1.29 is 12.7 Å². The van der Waals surface area contributed by atoms with Gasteiger partial charge in [-0.2, -0.15) is 0 Å². The summed E-state index contributed by atoms with van der Waals surface area (Å²) in [4.78, 5) is 25.5. The van der Waals surface area contributed by atoms with Gasteiger partial charge in [-0.3, -0.25) is 0 Å². The van der Waals surface area contributed by atoms with E-state index in [1.54, 1.807) is 0 Å². The van der Waals surface area contributed by atoms with Crippen LogP contribution in [0.5, 0.6) is 0 Å². The van der Waals surface area contributed by atoms with Gasteiger partial charge in [0.2, 0.25) is 0 Å². The summed E-state index contributed by atoms with van der Waals surface area (Å²) >= 11 is -4.20. The monoisotopic (exact) mass is 563 g/mol. The first-order chi connectivity index (χ1) is 16.3. The molecule has 0 aliphatic carbocycles. The summed E-state index contributed by atoms with van der Waals surface area (Å²) < 4.78 is 9.98. The van der Waals surface area contributed by atoms with Gasteiger partial charge in [0.1, 0.15) is 0 Å². The molecule has 0 aliphatic rings. The molecule has 0 aromatic heterocycles. The van der Waals surface area contributed by atoms with Gasteiger partial charge in [-0.25, -0.2) is 0 Å². The van der Waals surface area contributed by atoms with Crippen molar-refractivity contribution in [3.05, 3.63) is 103 Å². The molecule has 0 unspecified atom stereocenters. The number of ketones is 1. The fourth-order valence-electron chi connectivity index (χ4n) is 4.22. The van der Waals surface area contributed by atoms with Crippen LogP contribution in [0.25, 0.3) is 0 Å². The quantitative estimate of drug-likeness (QED) is 0.303. The first-order valence-electron chi connectivity index (χ1n) is 11.7. The first kappa shape index (κ1) is 25.8. The topological polar surface area (TPSA) is 55.4 Å². The molecule has 34 heavy (non-hydrogen) atoms. The zero-order chi connectivity index (χ0) is 24.6. The van der Waals surface area contributed by atoms with E-state index in [9.17, 15) is 9.59 Å². The molecule has 0 spiro atoms. The number of allylic oxidation sites excluding steroid dienone is 2. The number of carbonyl (C=O) groups is 2. The zero-order valence-corrected chi connectivity index (χ0v) is 23.2. The van der Waals surface area contributed by atoms with Crippen molar-refractivity contribution in [2.24, 2.45) is 5.92 Å². The number of hydrogen-bond acceptors (Lipinski definition) is 4. The molecule has 1 N–H and O–H groups in total. The van der Waals surface area contributed by atoms with Crippen LogP contribution in [-0.4, -0.2) is 36.6 Å². The maximum absolute atomic E-state index is 13.9. The third-order valence-electron chi connectivity index (χ3n) is 5.61. The second-order valence-corrected chi connectivity index (χ2v) is 18.4. The number of hydrogen-bond donors (Lipinski definition) is 1. The Morgan fingerprint density at radius 1 is 0.794 bits per heavy atom. The van der Waals surface area contributed by atoms with Crippen LogP contribution in [-0.2, 0) is 12.7 Å². The third-order valence-corrected chi connectivity index (χ3v) is 16.9. The van der Waals surface area contributed by atoms with Gasteiger partial charge < -0.3 is 0 Å². The Kier molecular flexibility index (Phi) is 9.11. The van der Waals surface area contributed by atoms with E-state index in [0.717, 1.165) is 10.7 Å². The molecular weight excluding hydrogens is 529 g/mol. The Morgan fingerprint density at radius 3 is 1.56 bits per heavy atom. The molecular formula is C29H33NO3Sn. The van der Waals surface area contributed by atoms with Crippen LogP contribution in [0, 0.1) is 5.92 Å². The van der Waals surface area contributed by atoms with Crippen LogP contribution in [0.4, 0.5) is 0 Å². The fraction of sp³-hybridized carbons (Fsp3) is 0.241. The zero-order valence-electron chi connectivity index (χ0n) is 20.3. The normalized spacial score (nSPS) is 12.8. The summed E-state index contributed by atoms with van der Waals surface area (Å²) in [6.07, 6.45) is 2.12. The summed E-state index contributed by atoms with van der Waals surface area (Å²) in [5, 5.41) is 3.26. The van der Waals surface area contributed by atoms with Crippen molar-refractivity contribution in [2.45, 2.75) is 40.2 Å². The predicted molar refractivity (Wildman–Crippen MR) is 141 cm³/mol. The molecule has 5 heteroatoms. The van der Waals surface area contributed by atoms with Crippen molar-refractivity contribution in [2.75, 3.05) is 0 Å². The molecule has 0 fully saturated rings. The van der Waals surface area contributed by atoms with Gasteiger partial charge in [-0.15, -0.1) is 0 Å².